The Morgan fingerprint density at radius 3 is 2.45 bits per heavy atom. The van der Waals surface area contributed by atoms with Crippen LogP contribution < -0.4 is 5.73 Å². The smallest absolute Gasteiger partial charge is 0.207 e. The third-order valence-electron chi connectivity index (χ3n) is 3.03. The number of rotatable bonds is 1. The zero-order valence-corrected chi connectivity index (χ0v) is 12.2. The van der Waals surface area contributed by atoms with E-state index < -0.39 is 5.82 Å². The highest BCUT2D eigenvalue weighted by molar-refractivity contribution is 6.38. The molecule has 8 heteroatoms. The van der Waals surface area contributed by atoms with Gasteiger partial charge in [0.15, 0.2) is 5.65 Å². The number of nitrogen functional groups attached to an aromatic ring is 1. The standard InChI is InChI=1S/C12H10Cl2FN5/c1-5-9-11(19(2)18-5)20(12(16)17-9)10-7(13)3-6(15)4-8(10)14/h3-4H,1-2H3,(H2,16,17). The zero-order valence-electron chi connectivity index (χ0n) is 10.7. The molecule has 2 N–H and O–H groups in total. The van der Waals surface area contributed by atoms with Crippen LogP contribution in [0.5, 0.6) is 0 Å². The molecule has 0 unspecified atom stereocenters. The number of nitrogens with zero attached hydrogens (tertiary/aromatic N) is 4. The van der Waals surface area contributed by atoms with Gasteiger partial charge in [-0.1, -0.05) is 23.2 Å². The van der Waals surface area contributed by atoms with E-state index in [4.69, 9.17) is 28.9 Å². The van der Waals surface area contributed by atoms with Gasteiger partial charge in [0.05, 0.1) is 21.4 Å². The van der Waals surface area contributed by atoms with Crippen LogP contribution in [0.1, 0.15) is 5.69 Å². The molecule has 0 amide bonds. The van der Waals surface area contributed by atoms with Crippen molar-refractivity contribution in [1.82, 2.24) is 19.3 Å². The number of aromatic nitrogens is 4. The molecule has 0 atom stereocenters. The molecule has 104 valence electrons. The zero-order chi connectivity index (χ0) is 14.6. The Labute approximate surface area is 123 Å². The second kappa shape index (κ2) is 4.36. The molecule has 20 heavy (non-hydrogen) atoms. The summed E-state index contributed by atoms with van der Waals surface area (Å²) >= 11 is 12.2. The van der Waals surface area contributed by atoms with Crippen LogP contribution in [0, 0.1) is 12.7 Å². The van der Waals surface area contributed by atoms with Crippen LogP contribution in [-0.2, 0) is 7.05 Å². The first kappa shape index (κ1) is 13.2. The summed E-state index contributed by atoms with van der Waals surface area (Å²) in [6.07, 6.45) is 0. The maximum atomic E-state index is 13.3. The fourth-order valence-corrected chi connectivity index (χ4v) is 2.89. The minimum absolute atomic E-state index is 0.153. The van der Waals surface area contributed by atoms with Crippen LogP contribution >= 0.6 is 23.2 Å². The first-order valence-corrected chi connectivity index (χ1v) is 6.48. The lowest BCUT2D eigenvalue weighted by atomic mass is 10.3. The number of hydrogen-bond acceptors (Lipinski definition) is 3. The minimum atomic E-state index is -0.514. The second-order valence-electron chi connectivity index (χ2n) is 4.40. The van der Waals surface area contributed by atoms with E-state index in [1.807, 2.05) is 6.92 Å². The summed E-state index contributed by atoms with van der Waals surface area (Å²) in [5.41, 5.74) is 8.37. The molecule has 0 radical (unpaired) electrons. The molecular weight excluding hydrogens is 304 g/mol. The van der Waals surface area contributed by atoms with Gasteiger partial charge in [-0.15, -0.1) is 0 Å². The lowest BCUT2D eigenvalue weighted by Gasteiger charge is -2.11. The van der Waals surface area contributed by atoms with Crippen LogP contribution in [-0.4, -0.2) is 19.3 Å². The predicted octanol–water partition coefficient (Wildman–Crippen LogP) is 3.10. The molecule has 0 aliphatic rings. The summed E-state index contributed by atoms with van der Waals surface area (Å²) in [6, 6.07) is 2.36. The third kappa shape index (κ3) is 1.76. The normalized spacial score (nSPS) is 11.4. The Morgan fingerprint density at radius 1 is 1.25 bits per heavy atom. The van der Waals surface area contributed by atoms with Gasteiger partial charge in [0.2, 0.25) is 5.95 Å². The summed E-state index contributed by atoms with van der Waals surface area (Å²) in [5, 5.41) is 4.58. The molecule has 0 saturated heterocycles. The first-order valence-electron chi connectivity index (χ1n) is 5.72. The molecule has 1 aromatic carbocycles. The number of fused-ring (bicyclic) bond motifs is 1. The molecule has 2 aromatic heterocycles. The predicted molar refractivity (Wildman–Crippen MR) is 77.0 cm³/mol. The molecule has 5 nitrogen and oxygen atoms in total. The van der Waals surface area contributed by atoms with E-state index in [2.05, 4.69) is 10.1 Å². The summed E-state index contributed by atoms with van der Waals surface area (Å²) in [4.78, 5) is 4.26. The van der Waals surface area contributed by atoms with E-state index in [0.717, 1.165) is 5.69 Å². The van der Waals surface area contributed by atoms with E-state index in [-0.39, 0.29) is 16.0 Å². The van der Waals surface area contributed by atoms with E-state index in [1.54, 1.807) is 16.3 Å². The quantitative estimate of drug-likeness (QED) is 0.751. The van der Waals surface area contributed by atoms with Gasteiger partial charge in [0.25, 0.3) is 0 Å². The van der Waals surface area contributed by atoms with Crippen LogP contribution in [0.4, 0.5) is 10.3 Å². The molecule has 0 saturated carbocycles. The van der Waals surface area contributed by atoms with Crippen molar-refractivity contribution in [3.63, 3.8) is 0 Å². The van der Waals surface area contributed by atoms with Crippen molar-refractivity contribution in [2.24, 2.45) is 7.05 Å². The number of halogens is 3. The van der Waals surface area contributed by atoms with Gasteiger partial charge in [-0.2, -0.15) is 5.10 Å². The first-order chi connectivity index (χ1) is 9.40. The number of aryl methyl sites for hydroxylation is 2. The second-order valence-corrected chi connectivity index (χ2v) is 5.22. The summed E-state index contributed by atoms with van der Waals surface area (Å²) < 4.78 is 16.5. The molecule has 0 fully saturated rings. The summed E-state index contributed by atoms with van der Waals surface area (Å²) in [5.74, 6) is -0.300. The fraction of sp³-hybridized carbons (Fsp3) is 0.167. The van der Waals surface area contributed by atoms with Gasteiger partial charge in [0, 0.05) is 7.05 Å². The monoisotopic (exact) mass is 313 g/mol. The Morgan fingerprint density at radius 2 is 1.85 bits per heavy atom. The highest BCUT2D eigenvalue weighted by atomic mass is 35.5. The lowest BCUT2D eigenvalue weighted by molar-refractivity contribution is 0.627. The van der Waals surface area contributed by atoms with Crippen LogP contribution in [0.3, 0.4) is 0 Å². The van der Waals surface area contributed by atoms with Gasteiger partial charge in [-0.25, -0.2) is 14.1 Å². The van der Waals surface area contributed by atoms with E-state index in [9.17, 15) is 4.39 Å². The highest BCUT2D eigenvalue weighted by Crippen LogP contribution is 2.34. The van der Waals surface area contributed by atoms with E-state index in [0.29, 0.717) is 16.9 Å². The van der Waals surface area contributed by atoms with Crippen LogP contribution in [0.25, 0.3) is 16.9 Å². The number of benzene rings is 1. The SMILES string of the molecule is Cc1nn(C)c2c1nc(N)n2-c1c(Cl)cc(F)cc1Cl. The van der Waals surface area contributed by atoms with Crippen LogP contribution in [0.15, 0.2) is 12.1 Å². The van der Waals surface area contributed by atoms with Crippen molar-refractivity contribution in [1.29, 1.82) is 0 Å². The Bertz CT molecular complexity index is 813. The Hall–Kier alpha value is -1.79. The van der Waals surface area contributed by atoms with Gasteiger partial charge >= 0.3 is 0 Å². The minimum Gasteiger partial charge on any atom is -0.369 e. The number of nitrogens with two attached hydrogens (primary N) is 1. The van der Waals surface area contributed by atoms with Crippen molar-refractivity contribution < 1.29 is 4.39 Å². The topological polar surface area (TPSA) is 61.7 Å². The fourth-order valence-electron chi connectivity index (χ4n) is 2.26. The summed E-state index contributed by atoms with van der Waals surface area (Å²) in [6.45, 7) is 1.83. The van der Waals surface area contributed by atoms with Crippen molar-refractivity contribution in [3.8, 4) is 5.69 Å². The average molecular weight is 314 g/mol. The Kier molecular flexibility index (Phi) is 2.88. The number of imidazole rings is 1. The van der Waals surface area contributed by atoms with Crippen molar-refractivity contribution in [2.75, 3.05) is 5.73 Å². The lowest BCUT2D eigenvalue weighted by Crippen LogP contribution is -2.06. The number of anilines is 1. The number of hydrogen-bond donors (Lipinski definition) is 1. The van der Waals surface area contributed by atoms with Gasteiger partial charge < -0.3 is 5.73 Å². The highest BCUT2D eigenvalue weighted by Gasteiger charge is 2.21. The van der Waals surface area contributed by atoms with E-state index >= 15 is 0 Å². The molecule has 0 aliphatic heterocycles. The van der Waals surface area contributed by atoms with Gasteiger partial charge in [-0.05, 0) is 19.1 Å². The third-order valence-corrected chi connectivity index (χ3v) is 3.61. The van der Waals surface area contributed by atoms with Crippen molar-refractivity contribution in [2.45, 2.75) is 6.92 Å². The van der Waals surface area contributed by atoms with Crippen LogP contribution in [0.2, 0.25) is 10.0 Å². The molecular formula is C12H10Cl2FN5. The van der Waals surface area contributed by atoms with E-state index in [1.165, 1.54) is 12.1 Å². The molecule has 3 aromatic rings. The summed E-state index contributed by atoms with van der Waals surface area (Å²) in [7, 11) is 1.76. The van der Waals surface area contributed by atoms with Gasteiger partial charge in [0.1, 0.15) is 11.3 Å². The molecule has 0 aliphatic carbocycles. The molecule has 2 heterocycles. The van der Waals surface area contributed by atoms with Crippen molar-refractivity contribution >= 4 is 40.3 Å². The maximum absolute atomic E-state index is 13.3. The molecule has 3 rings (SSSR count). The van der Waals surface area contributed by atoms with Gasteiger partial charge in [-0.3, -0.25) is 4.57 Å². The molecule has 0 spiro atoms. The van der Waals surface area contributed by atoms with Crippen molar-refractivity contribution in [3.05, 3.63) is 33.7 Å². The molecule has 0 bridgehead atoms. The maximum Gasteiger partial charge on any atom is 0.207 e. The largest absolute Gasteiger partial charge is 0.369 e. The average Bonchev–Trinajstić information content (AvgIpc) is 2.78. The Balaban J connectivity index is 2.44.